The average Bonchev–Trinajstić information content (AvgIpc) is 2.09. The molecule has 1 heterocycles. The van der Waals surface area contributed by atoms with E-state index < -0.39 is 14.6 Å². The zero-order valence-electron chi connectivity index (χ0n) is 10.5. The highest BCUT2D eigenvalue weighted by atomic mass is 32.2. The molecular weight excluding hydrogens is 210 g/mol. The van der Waals surface area contributed by atoms with Gasteiger partial charge in [0.05, 0.1) is 10.5 Å². The highest BCUT2D eigenvalue weighted by molar-refractivity contribution is 7.92. The molecule has 0 amide bonds. The molecule has 1 fully saturated rings. The van der Waals surface area contributed by atoms with Crippen molar-refractivity contribution in [3.63, 3.8) is 0 Å². The number of sulfone groups is 1. The van der Waals surface area contributed by atoms with Gasteiger partial charge in [-0.05, 0) is 41.0 Å². The molecule has 3 nitrogen and oxygen atoms in total. The maximum atomic E-state index is 12.0. The highest BCUT2D eigenvalue weighted by Crippen LogP contribution is 2.27. The second-order valence-corrected chi connectivity index (χ2v) is 8.73. The molecule has 0 aliphatic carbocycles. The molecular formula is C11H23NO2S. The third-order valence-electron chi connectivity index (χ3n) is 3.40. The lowest BCUT2D eigenvalue weighted by molar-refractivity contribution is 0.144. The molecule has 0 radical (unpaired) electrons. The zero-order valence-corrected chi connectivity index (χ0v) is 11.3. The van der Waals surface area contributed by atoms with E-state index in [1.54, 1.807) is 0 Å². The Hall–Kier alpha value is -0.0900. The SMILES string of the molecule is CC(C)(C)N1CCC(C)(C)S(=O)(=O)CC1. The second-order valence-electron chi connectivity index (χ2n) is 5.99. The third kappa shape index (κ3) is 2.72. The fraction of sp³-hybridized carbons (Fsp3) is 1.00. The fourth-order valence-corrected chi connectivity index (χ4v) is 3.26. The predicted molar refractivity (Wildman–Crippen MR) is 63.8 cm³/mol. The molecule has 4 heteroatoms. The molecule has 15 heavy (non-hydrogen) atoms. The van der Waals surface area contributed by atoms with Gasteiger partial charge in [-0.15, -0.1) is 0 Å². The Morgan fingerprint density at radius 3 is 2.13 bits per heavy atom. The molecule has 0 aromatic heterocycles. The maximum Gasteiger partial charge on any atom is 0.156 e. The van der Waals surface area contributed by atoms with Crippen LogP contribution in [0.15, 0.2) is 0 Å². The van der Waals surface area contributed by atoms with Crippen LogP contribution in [0.1, 0.15) is 41.0 Å². The minimum atomic E-state index is -2.93. The molecule has 1 aliphatic rings. The van der Waals surface area contributed by atoms with Crippen molar-refractivity contribution in [2.45, 2.75) is 51.3 Å². The Morgan fingerprint density at radius 2 is 1.67 bits per heavy atom. The Morgan fingerprint density at radius 1 is 1.13 bits per heavy atom. The number of hydrogen-bond acceptors (Lipinski definition) is 3. The Kier molecular flexibility index (Phi) is 3.23. The number of nitrogens with zero attached hydrogens (tertiary/aromatic N) is 1. The van der Waals surface area contributed by atoms with Crippen LogP contribution in [0.4, 0.5) is 0 Å². The molecule has 0 N–H and O–H groups in total. The van der Waals surface area contributed by atoms with Crippen molar-refractivity contribution in [3.8, 4) is 0 Å². The Labute approximate surface area is 93.8 Å². The summed E-state index contributed by atoms with van der Waals surface area (Å²) in [6.45, 7) is 11.6. The number of hydrogen-bond donors (Lipinski definition) is 0. The van der Waals surface area contributed by atoms with Gasteiger partial charge in [0.25, 0.3) is 0 Å². The molecule has 0 saturated carbocycles. The van der Waals surface area contributed by atoms with Gasteiger partial charge in [-0.25, -0.2) is 8.42 Å². The van der Waals surface area contributed by atoms with Crippen LogP contribution in [-0.2, 0) is 9.84 Å². The lowest BCUT2D eigenvalue weighted by atomic mass is 10.0. The van der Waals surface area contributed by atoms with Gasteiger partial charge >= 0.3 is 0 Å². The van der Waals surface area contributed by atoms with Gasteiger partial charge in [-0.2, -0.15) is 0 Å². The summed E-state index contributed by atoms with van der Waals surface area (Å²) in [6, 6.07) is 0. The first-order valence-electron chi connectivity index (χ1n) is 5.54. The van der Waals surface area contributed by atoms with Gasteiger partial charge in [-0.1, -0.05) is 0 Å². The van der Waals surface area contributed by atoms with Gasteiger partial charge in [-0.3, -0.25) is 4.90 Å². The normalized spacial score (nSPS) is 27.3. The van der Waals surface area contributed by atoms with Gasteiger partial charge in [0, 0.05) is 18.6 Å². The third-order valence-corrected chi connectivity index (χ3v) is 6.01. The van der Waals surface area contributed by atoms with E-state index in [4.69, 9.17) is 0 Å². The lowest BCUT2D eigenvalue weighted by Gasteiger charge is -2.34. The van der Waals surface area contributed by atoms with Crippen LogP contribution in [0.5, 0.6) is 0 Å². The van der Waals surface area contributed by atoms with Crippen molar-refractivity contribution < 1.29 is 8.42 Å². The van der Waals surface area contributed by atoms with Crippen molar-refractivity contribution >= 4 is 9.84 Å². The van der Waals surface area contributed by atoms with Crippen molar-refractivity contribution in [1.82, 2.24) is 4.90 Å². The van der Waals surface area contributed by atoms with Crippen molar-refractivity contribution in [1.29, 1.82) is 0 Å². The molecule has 1 saturated heterocycles. The largest absolute Gasteiger partial charge is 0.297 e. The molecule has 0 spiro atoms. The molecule has 0 aromatic rings. The standard InChI is InChI=1S/C11H23NO2S/c1-10(2,3)12-7-6-11(4,5)15(13,14)9-8-12/h6-9H2,1-5H3. The summed E-state index contributed by atoms with van der Waals surface area (Å²) in [5, 5.41) is 0. The first-order valence-corrected chi connectivity index (χ1v) is 7.19. The summed E-state index contributed by atoms with van der Waals surface area (Å²) in [5.41, 5.74) is 0.0654. The maximum absolute atomic E-state index is 12.0. The van der Waals surface area contributed by atoms with Crippen LogP contribution in [0.3, 0.4) is 0 Å². The van der Waals surface area contributed by atoms with E-state index >= 15 is 0 Å². The first kappa shape index (κ1) is 13.0. The van der Waals surface area contributed by atoms with Crippen molar-refractivity contribution in [2.75, 3.05) is 18.8 Å². The minimum Gasteiger partial charge on any atom is -0.297 e. The van der Waals surface area contributed by atoms with E-state index in [0.29, 0.717) is 6.54 Å². The molecule has 0 aromatic carbocycles. The van der Waals surface area contributed by atoms with E-state index in [1.807, 2.05) is 13.8 Å². The molecule has 90 valence electrons. The summed E-state index contributed by atoms with van der Waals surface area (Å²) in [6.07, 6.45) is 0.729. The van der Waals surface area contributed by atoms with Crippen LogP contribution >= 0.6 is 0 Å². The molecule has 1 aliphatic heterocycles. The summed E-state index contributed by atoms with van der Waals surface area (Å²) >= 11 is 0. The van der Waals surface area contributed by atoms with Gasteiger partial charge < -0.3 is 0 Å². The summed E-state index contributed by atoms with van der Waals surface area (Å²) in [5.74, 6) is 0.289. The molecule has 0 bridgehead atoms. The van der Waals surface area contributed by atoms with Crippen LogP contribution < -0.4 is 0 Å². The van der Waals surface area contributed by atoms with E-state index in [1.165, 1.54) is 0 Å². The monoisotopic (exact) mass is 233 g/mol. The van der Waals surface area contributed by atoms with E-state index in [0.717, 1.165) is 13.0 Å². The lowest BCUT2D eigenvalue weighted by Crippen LogP contribution is -2.43. The summed E-state index contributed by atoms with van der Waals surface area (Å²) < 4.78 is 23.4. The van der Waals surface area contributed by atoms with E-state index in [9.17, 15) is 8.42 Å². The summed E-state index contributed by atoms with van der Waals surface area (Å²) in [4.78, 5) is 2.26. The Balaban J connectivity index is 2.89. The topological polar surface area (TPSA) is 37.4 Å². The van der Waals surface area contributed by atoms with E-state index in [2.05, 4.69) is 25.7 Å². The van der Waals surface area contributed by atoms with Crippen LogP contribution in [0, 0.1) is 0 Å². The van der Waals surface area contributed by atoms with E-state index in [-0.39, 0.29) is 11.3 Å². The second kappa shape index (κ2) is 3.74. The van der Waals surface area contributed by atoms with Crippen LogP contribution in [0.25, 0.3) is 0 Å². The van der Waals surface area contributed by atoms with Crippen LogP contribution in [-0.4, -0.2) is 42.4 Å². The molecule has 1 rings (SSSR count). The predicted octanol–water partition coefficient (Wildman–Crippen LogP) is 1.68. The van der Waals surface area contributed by atoms with Gasteiger partial charge in [0.2, 0.25) is 0 Å². The first-order chi connectivity index (χ1) is 6.56. The van der Waals surface area contributed by atoms with Crippen molar-refractivity contribution in [2.24, 2.45) is 0 Å². The molecule has 0 atom stereocenters. The summed E-state index contributed by atoms with van der Waals surface area (Å²) in [7, 11) is -2.93. The van der Waals surface area contributed by atoms with Crippen molar-refractivity contribution in [3.05, 3.63) is 0 Å². The quantitative estimate of drug-likeness (QED) is 0.639. The van der Waals surface area contributed by atoms with Gasteiger partial charge in [0.15, 0.2) is 9.84 Å². The number of rotatable bonds is 0. The fourth-order valence-electron chi connectivity index (χ4n) is 1.85. The zero-order chi connectivity index (χ0) is 11.9. The van der Waals surface area contributed by atoms with Crippen LogP contribution in [0.2, 0.25) is 0 Å². The highest BCUT2D eigenvalue weighted by Gasteiger charge is 2.38. The smallest absolute Gasteiger partial charge is 0.156 e. The van der Waals surface area contributed by atoms with Gasteiger partial charge in [0.1, 0.15) is 0 Å². The minimum absolute atomic E-state index is 0.0654. The average molecular weight is 233 g/mol. The Bertz CT molecular complexity index is 325. The molecule has 0 unspecified atom stereocenters.